The second kappa shape index (κ2) is 2.90. The summed E-state index contributed by atoms with van der Waals surface area (Å²) in [5, 5.41) is 0. The minimum Gasteiger partial charge on any atom is -0.390 e. The van der Waals surface area contributed by atoms with E-state index in [1.54, 1.807) is 0 Å². The number of hydrogen-bond donors (Lipinski definition) is 2. The minimum atomic E-state index is 0. The number of hydrogen-bond acceptors (Lipinski definition) is 2. The summed E-state index contributed by atoms with van der Waals surface area (Å²) in [6, 6.07) is 5.99. The number of nitrogens with one attached hydrogen (secondary N) is 1. The normalized spacial score (nSPS) is 11.5. The Hall–Kier alpha value is -1.84. The molecule has 0 saturated heterocycles. The summed E-state index contributed by atoms with van der Waals surface area (Å²) >= 11 is 0. The average molecular weight is 176 g/mol. The van der Waals surface area contributed by atoms with Crippen LogP contribution in [0.4, 0.5) is 5.95 Å². The van der Waals surface area contributed by atoms with Gasteiger partial charge in [0.1, 0.15) is 0 Å². The Balaban J connectivity index is 0.000000980. The van der Waals surface area contributed by atoms with E-state index in [0.29, 0.717) is 5.95 Å². The second-order valence-corrected chi connectivity index (χ2v) is 2.86. The third-order valence-corrected chi connectivity index (χ3v) is 1.82. The van der Waals surface area contributed by atoms with E-state index in [-0.39, 0.29) is 1.43 Å². The minimum absolute atomic E-state index is 0. The molecular formula is C9H12N4. The fourth-order valence-corrected chi connectivity index (χ4v) is 1.24. The van der Waals surface area contributed by atoms with Crippen LogP contribution in [0.3, 0.4) is 0 Å². The molecule has 0 saturated carbocycles. The van der Waals surface area contributed by atoms with Gasteiger partial charge in [-0.15, -0.1) is 0 Å². The van der Waals surface area contributed by atoms with E-state index in [0.717, 1.165) is 11.0 Å². The van der Waals surface area contributed by atoms with Gasteiger partial charge in [-0.25, -0.2) is 9.98 Å². The summed E-state index contributed by atoms with van der Waals surface area (Å²) < 4.78 is 0. The predicted octanol–water partition coefficient (Wildman–Crippen LogP) is 1.74. The molecule has 13 heavy (non-hydrogen) atoms. The molecule has 0 radical (unpaired) electrons. The number of aromatic nitrogens is 2. The number of benzene rings is 1. The van der Waals surface area contributed by atoms with Crippen molar-refractivity contribution in [2.75, 3.05) is 0 Å². The highest BCUT2D eigenvalue weighted by molar-refractivity contribution is 5.78. The number of H-pyrrole nitrogens is 1. The van der Waals surface area contributed by atoms with E-state index in [1.165, 1.54) is 11.9 Å². The molecule has 0 fully saturated rings. The van der Waals surface area contributed by atoms with Crippen LogP contribution in [0, 0.1) is 6.92 Å². The van der Waals surface area contributed by atoms with Gasteiger partial charge < -0.3 is 10.7 Å². The Bertz CT molecular complexity index is 461. The molecule has 0 aliphatic rings. The maximum atomic E-state index is 5.16. The number of aromatic amines is 1. The van der Waals surface area contributed by atoms with Gasteiger partial charge in [0.15, 0.2) is 0 Å². The van der Waals surface area contributed by atoms with Crippen LogP contribution in [0.5, 0.6) is 0 Å². The van der Waals surface area contributed by atoms with Gasteiger partial charge in [-0.1, -0.05) is 6.07 Å². The molecule has 2 rings (SSSR count). The number of aryl methyl sites for hydroxylation is 1. The van der Waals surface area contributed by atoms with Crippen molar-refractivity contribution in [2.24, 2.45) is 10.7 Å². The molecule has 4 nitrogen and oxygen atoms in total. The fraction of sp³-hybridized carbons (Fsp3) is 0.111. The summed E-state index contributed by atoms with van der Waals surface area (Å²) in [6.45, 7) is 2.03. The first-order valence-electron chi connectivity index (χ1n) is 4.00. The Labute approximate surface area is 77.0 Å². The largest absolute Gasteiger partial charge is 0.390 e. The van der Waals surface area contributed by atoms with Crippen LogP contribution in [-0.2, 0) is 0 Å². The van der Waals surface area contributed by atoms with Gasteiger partial charge in [0, 0.05) is 1.43 Å². The van der Waals surface area contributed by atoms with Crippen LogP contribution < -0.4 is 5.73 Å². The Morgan fingerprint density at radius 3 is 3.23 bits per heavy atom. The van der Waals surface area contributed by atoms with Crippen molar-refractivity contribution >= 4 is 23.3 Å². The molecule has 0 aliphatic heterocycles. The van der Waals surface area contributed by atoms with Gasteiger partial charge >= 0.3 is 0 Å². The molecule has 1 aromatic heterocycles. The molecule has 0 spiro atoms. The Morgan fingerprint density at radius 1 is 1.62 bits per heavy atom. The topological polar surface area (TPSA) is 67.1 Å². The van der Waals surface area contributed by atoms with Crippen molar-refractivity contribution in [3.8, 4) is 0 Å². The zero-order chi connectivity index (χ0) is 9.26. The Kier molecular flexibility index (Phi) is 1.73. The van der Waals surface area contributed by atoms with Crippen molar-refractivity contribution in [3.05, 3.63) is 23.8 Å². The molecular weight excluding hydrogens is 164 g/mol. The monoisotopic (exact) mass is 176 g/mol. The van der Waals surface area contributed by atoms with Crippen molar-refractivity contribution in [2.45, 2.75) is 6.92 Å². The highest BCUT2D eigenvalue weighted by atomic mass is 15.1. The van der Waals surface area contributed by atoms with Crippen molar-refractivity contribution in [3.63, 3.8) is 0 Å². The van der Waals surface area contributed by atoms with E-state index < -0.39 is 0 Å². The number of nitrogens with two attached hydrogens (primary N) is 1. The molecule has 0 amide bonds. The van der Waals surface area contributed by atoms with Crippen LogP contribution in [-0.4, -0.2) is 16.3 Å². The summed E-state index contributed by atoms with van der Waals surface area (Å²) in [6.07, 6.45) is 1.23. The van der Waals surface area contributed by atoms with Gasteiger partial charge in [0.25, 0.3) is 0 Å². The predicted molar refractivity (Wildman–Crippen MR) is 55.3 cm³/mol. The number of rotatable bonds is 1. The van der Waals surface area contributed by atoms with Gasteiger partial charge in [-0.2, -0.15) is 0 Å². The highest BCUT2D eigenvalue weighted by Crippen LogP contribution is 2.16. The molecule has 4 heteroatoms. The van der Waals surface area contributed by atoms with Crippen LogP contribution >= 0.6 is 0 Å². The number of imidazole rings is 1. The van der Waals surface area contributed by atoms with Gasteiger partial charge in [-0.05, 0) is 24.6 Å². The van der Waals surface area contributed by atoms with Crippen molar-refractivity contribution in [1.29, 1.82) is 0 Å². The first-order valence-corrected chi connectivity index (χ1v) is 4.00. The molecule has 2 aromatic rings. The lowest BCUT2D eigenvalue weighted by Crippen LogP contribution is -1.86. The maximum Gasteiger partial charge on any atom is 0.229 e. The van der Waals surface area contributed by atoms with Crippen LogP contribution in [0.2, 0.25) is 0 Å². The van der Waals surface area contributed by atoms with Crippen LogP contribution in [0.1, 0.15) is 6.99 Å². The number of aliphatic imine (C=N–C) groups is 1. The van der Waals surface area contributed by atoms with Crippen molar-refractivity contribution in [1.82, 2.24) is 9.97 Å². The van der Waals surface area contributed by atoms with E-state index in [2.05, 4.69) is 15.0 Å². The zero-order valence-electron chi connectivity index (χ0n) is 7.28. The standard InChI is InChI=1S/C9H10N4.H2/c1-6-2-3-7-8(4-6)13-9(12-7)11-5-10;/h2-5H,1H3,(H3,10,11,12,13);1H. The number of fused-ring (bicyclic) bond motifs is 1. The maximum absolute atomic E-state index is 5.16. The van der Waals surface area contributed by atoms with Crippen LogP contribution in [0.15, 0.2) is 23.2 Å². The summed E-state index contributed by atoms with van der Waals surface area (Å²) in [5.74, 6) is 0.545. The van der Waals surface area contributed by atoms with Gasteiger partial charge in [0.05, 0.1) is 17.4 Å². The van der Waals surface area contributed by atoms with Gasteiger partial charge in [-0.3, -0.25) is 0 Å². The molecule has 1 heterocycles. The summed E-state index contributed by atoms with van der Waals surface area (Å²) in [7, 11) is 0. The fourth-order valence-electron chi connectivity index (χ4n) is 1.24. The van der Waals surface area contributed by atoms with Crippen LogP contribution in [0.25, 0.3) is 11.0 Å². The second-order valence-electron chi connectivity index (χ2n) is 2.86. The molecule has 0 aliphatic carbocycles. The van der Waals surface area contributed by atoms with Crippen molar-refractivity contribution < 1.29 is 1.43 Å². The molecule has 0 bridgehead atoms. The highest BCUT2D eigenvalue weighted by Gasteiger charge is 1.99. The quantitative estimate of drug-likeness (QED) is 0.513. The average Bonchev–Trinajstić information content (AvgIpc) is 2.46. The van der Waals surface area contributed by atoms with E-state index in [4.69, 9.17) is 5.73 Å². The third-order valence-electron chi connectivity index (χ3n) is 1.82. The molecule has 3 N–H and O–H groups in total. The smallest absolute Gasteiger partial charge is 0.229 e. The molecule has 68 valence electrons. The lowest BCUT2D eigenvalue weighted by molar-refractivity contribution is 1.27. The van der Waals surface area contributed by atoms with E-state index in [9.17, 15) is 0 Å². The first-order chi connectivity index (χ1) is 6.29. The van der Waals surface area contributed by atoms with Gasteiger partial charge in [0.2, 0.25) is 5.95 Å². The summed E-state index contributed by atoms with van der Waals surface area (Å²) in [4.78, 5) is 11.1. The SMILES string of the molecule is Cc1ccc2nc(N=CN)[nH]c2c1.[HH]. The lowest BCUT2D eigenvalue weighted by atomic mass is 10.2. The molecule has 0 unspecified atom stereocenters. The van der Waals surface area contributed by atoms with E-state index >= 15 is 0 Å². The Morgan fingerprint density at radius 2 is 2.46 bits per heavy atom. The third kappa shape index (κ3) is 1.38. The first kappa shape index (κ1) is 7.79. The zero-order valence-corrected chi connectivity index (χ0v) is 7.28. The lowest BCUT2D eigenvalue weighted by Gasteiger charge is -1.89. The number of nitrogens with zero attached hydrogens (tertiary/aromatic N) is 2. The molecule has 1 aromatic carbocycles. The van der Waals surface area contributed by atoms with E-state index in [1.807, 2.05) is 25.1 Å². The summed E-state index contributed by atoms with van der Waals surface area (Å²) in [5.41, 5.74) is 8.25. The molecule has 0 atom stereocenters.